The third-order valence-electron chi connectivity index (χ3n) is 3.96. The summed E-state index contributed by atoms with van der Waals surface area (Å²) in [5.74, 6) is -0.963. The minimum atomic E-state index is -1.06. The van der Waals surface area contributed by atoms with Crippen molar-refractivity contribution in [3.05, 3.63) is 0 Å². The number of amides is 2. The molecule has 0 aromatic carbocycles. The third kappa shape index (κ3) is 4.30. The first-order valence-corrected chi connectivity index (χ1v) is 8.04. The molecule has 1 saturated carbocycles. The number of ketones is 2. The highest BCUT2D eigenvalue weighted by Gasteiger charge is 2.39. The van der Waals surface area contributed by atoms with Gasteiger partial charge in [-0.1, -0.05) is 0 Å². The van der Waals surface area contributed by atoms with Gasteiger partial charge in [-0.15, -0.1) is 0 Å². The third-order valence-corrected chi connectivity index (χ3v) is 3.96. The van der Waals surface area contributed by atoms with Crippen LogP contribution in [0.1, 0.15) is 52.9 Å². The molecule has 23 heavy (non-hydrogen) atoms. The van der Waals surface area contributed by atoms with E-state index in [2.05, 4.69) is 5.32 Å². The number of rotatable bonds is 2. The van der Waals surface area contributed by atoms with Gasteiger partial charge in [0.15, 0.2) is 11.6 Å². The van der Waals surface area contributed by atoms with Crippen molar-refractivity contribution in [2.75, 3.05) is 6.54 Å². The molecule has 1 aliphatic heterocycles. The fourth-order valence-electron chi connectivity index (χ4n) is 2.88. The van der Waals surface area contributed by atoms with Crippen molar-refractivity contribution in [3.8, 4) is 0 Å². The van der Waals surface area contributed by atoms with E-state index < -0.39 is 29.7 Å². The quantitative estimate of drug-likeness (QED) is 0.770. The molecular weight excluding hydrogens is 300 g/mol. The second-order valence-electron chi connectivity index (χ2n) is 7.06. The van der Waals surface area contributed by atoms with Gasteiger partial charge in [-0.3, -0.25) is 19.3 Å². The smallest absolute Gasteiger partial charge is 0.410 e. The summed E-state index contributed by atoms with van der Waals surface area (Å²) in [5, 5.41) is 2.52. The maximum Gasteiger partial charge on any atom is 0.410 e. The number of Topliss-reactive ketones (excluding diaryl/α,β-unsaturated/α-hetero) is 2. The Hall–Kier alpha value is -1.92. The van der Waals surface area contributed by atoms with E-state index in [1.807, 2.05) is 0 Å². The van der Waals surface area contributed by atoms with Crippen molar-refractivity contribution in [2.45, 2.75) is 70.6 Å². The number of carbonyl (C=O) groups is 4. The van der Waals surface area contributed by atoms with E-state index >= 15 is 0 Å². The van der Waals surface area contributed by atoms with Gasteiger partial charge in [0.2, 0.25) is 5.91 Å². The fourth-order valence-corrected chi connectivity index (χ4v) is 2.88. The lowest BCUT2D eigenvalue weighted by Gasteiger charge is -2.29. The van der Waals surface area contributed by atoms with E-state index in [0.717, 1.165) is 0 Å². The number of carbonyl (C=O) groups excluding carboxylic acids is 4. The number of ether oxygens (including phenoxy) is 1. The Morgan fingerprint density at radius 2 is 1.74 bits per heavy atom. The summed E-state index contributed by atoms with van der Waals surface area (Å²) in [6.07, 6.45) is 1.78. The highest BCUT2D eigenvalue weighted by atomic mass is 16.6. The molecule has 1 N–H and O–H groups in total. The monoisotopic (exact) mass is 324 g/mol. The van der Waals surface area contributed by atoms with Gasteiger partial charge in [-0.25, -0.2) is 4.79 Å². The lowest BCUT2D eigenvalue weighted by atomic mass is 9.92. The van der Waals surface area contributed by atoms with Crippen molar-refractivity contribution in [3.63, 3.8) is 0 Å². The maximum atomic E-state index is 12.4. The van der Waals surface area contributed by atoms with Crippen molar-refractivity contribution < 1.29 is 23.9 Å². The summed E-state index contributed by atoms with van der Waals surface area (Å²) >= 11 is 0. The van der Waals surface area contributed by atoms with Gasteiger partial charge in [-0.2, -0.15) is 0 Å². The largest absolute Gasteiger partial charge is 0.444 e. The SMILES string of the molecule is CC(C)(C)OC(=O)N1CCCC1C(=O)NC1C(=O)CCCC1=O. The molecule has 0 aromatic rings. The fraction of sp³-hybridized carbons (Fsp3) is 0.750. The zero-order valence-electron chi connectivity index (χ0n) is 13.9. The normalized spacial score (nSPS) is 23.1. The molecule has 0 bridgehead atoms. The molecule has 2 rings (SSSR count). The molecule has 0 radical (unpaired) electrons. The van der Waals surface area contributed by atoms with Gasteiger partial charge < -0.3 is 10.1 Å². The predicted octanol–water partition coefficient (Wildman–Crippen LogP) is 1.19. The summed E-state index contributed by atoms with van der Waals surface area (Å²) in [6.45, 7) is 5.71. The van der Waals surface area contributed by atoms with E-state index in [0.29, 0.717) is 38.6 Å². The molecule has 0 spiro atoms. The molecular formula is C16H24N2O5. The first-order chi connectivity index (χ1) is 10.7. The van der Waals surface area contributed by atoms with Crippen LogP contribution in [0.3, 0.4) is 0 Å². The van der Waals surface area contributed by atoms with E-state index in [-0.39, 0.29) is 11.6 Å². The maximum absolute atomic E-state index is 12.4. The van der Waals surface area contributed by atoms with Crippen LogP contribution in [-0.2, 0) is 19.1 Å². The Labute approximate surface area is 135 Å². The molecule has 2 fully saturated rings. The molecule has 2 aliphatic rings. The van der Waals surface area contributed by atoms with Crippen molar-refractivity contribution in [2.24, 2.45) is 0 Å². The second kappa shape index (κ2) is 6.68. The highest BCUT2D eigenvalue weighted by Crippen LogP contribution is 2.21. The highest BCUT2D eigenvalue weighted by molar-refractivity contribution is 6.10. The number of hydrogen-bond acceptors (Lipinski definition) is 5. The number of likely N-dealkylation sites (tertiary alicyclic amines) is 1. The summed E-state index contributed by atoms with van der Waals surface area (Å²) < 4.78 is 5.31. The predicted molar refractivity (Wildman–Crippen MR) is 81.8 cm³/mol. The van der Waals surface area contributed by atoms with Crippen molar-refractivity contribution >= 4 is 23.6 Å². The Morgan fingerprint density at radius 1 is 1.13 bits per heavy atom. The first kappa shape index (κ1) is 17.4. The van der Waals surface area contributed by atoms with Crippen LogP contribution < -0.4 is 5.32 Å². The summed E-state index contributed by atoms with van der Waals surface area (Å²) in [7, 11) is 0. The van der Waals surface area contributed by atoms with Crippen LogP contribution in [-0.4, -0.2) is 52.7 Å². The average Bonchev–Trinajstić information content (AvgIpc) is 2.90. The van der Waals surface area contributed by atoms with Crippen molar-refractivity contribution in [1.29, 1.82) is 0 Å². The lowest BCUT2D eigenvalue weighted by molar-refractivity contribution is -0.138. The minimum absolute atomic E-state index is 0.253. The van der Waals surface area contributed by atoms with Crippen LogP contribution in [0.25, 0.3) is 0 Å². The molecule has 1 unspecified atom stereocenters. The number of nitrogens with zero attached hydrogens (tertiary/aromatic N) is 1. The van der Waals surface area contributed by atoms with Gasteiger partial charge in [-0.05, 0) is 40.0 Å². The second-order valence-corrected chi connectivity index (χ2v) is 7.06. The molecule has 1 heterocycles. The van der Waals surface area contributed by atoms with E-state index in [1.54, 1.807) is 20.8 Å². The van der Waals surface area contributed by atoms with Crippen LogP contribution >= 0.6 is 0 Å². The Kier molecular flexibility index (Phi) is 5.06. The molecule has 1 saturated heterocycles. The lowest BCUT2D eigenvalue weighted by Crippen LogP contribution is -2.54. The standard InChI is InChI=1S/C16H24N2O5/c1-16(2,3)23-15(22)18-9-5-6-10(18)14(21)17-13-11(19)7-4-8-12(13)20/h10,13H,4-9H2,1-3H3,(H,17,21). The summed E-state index contributed by atoms with van der Waals surface area (Å²) in [6, 6.07) is -1.75. The molecule has 0 aromatic heterocycles. The molecule has 1 aliphatic carbocycles. The molecule has 128 valence electrons. The topological polar surface area (TPSA) is 92.8 Å². The zero-order chi connectivity index (χ0) is 17.2. The van der Waals surface area contributed by atoms with Gasteiger partial charge in [0.05, 0.1) is 0 Å². The Balaban J connectivity index is 2.01. The molecule has 1 atom stereocenters. The Bertz CT molecular complexity index is 507. The first-order valence-electron chi connectivity index (χ1n) is 8.04. The van der Waals surface area contributed by atoms with Gasteiger partial charge in [0, 0.05) is 19.4 Å². The number of nitrogens with one attached hydrogen (secondary N) is 1. The molecule has 7 nitrogen and oxygen atoms in total. The summed E-state index contributed by atoms with van der Waals surface area (Å²) in [5.41, 5.74) is -0.643. The van der Waals surface area contributed by atoms with Gasteiger partial charge >= 0.3 is 6.09 Å². The van der Waals surface area contributed by atoms with E-state index in [1.165, 1.54) is 4.90 Å². The minimum Gasteiger partial charge on any atom is -0.444 e. The molecule has 7 heteroatoms. The average molecular weight is 324 g/mol. The summed E-state index contributed by atoms with van der Waals surface area (Å²) in [4.78, 5) is 49.6. The Morgan fingerprint density at radius 3 is 2.30 bits per heavy atom. The van der Waals surface area contributed by atoms with Crippen LogP contribution in [0.15, 0.2) is 0 Å². The van der Waals surface area contributed by atoms with Crippen LogP contribution in [0.5, 0.6) is 0 Å². The van der Waals surface area contributed by atoms with Crippen molar-refractivity contribution in [1.82, 2.24) is 10.2 Å². The van der Waals surface area contributed by atoms with Crippen LogP contribution in [0.2, 0.25) is 0 Å². The number of hydrogen-bond donors (Lipinski definition) is 1. The van der Waals surface area contributed by atoms with Crippen LogP contribution in [0, 0.1) is 0 Å². The van der Waals surface area contributed by atoms with Gasteiger partial charge in [0.25, 0.3) is 0 Å². The van der Waals surface area contributed by atoms with Crippen LogP contribution in [0.4, 0.5) is 4.79 Å². The van der Waals surface area contributed by atoms with E-state index in [9.17, 15) is 19.2 Å². The van der Waals surface area contributed by atoms with Gasteiger partial charge in [0.1, 0.15) is 17.7 Å². The van der Waals surface area contributed by atoms with E-state index in [4.69, 9.17) is 4.74 Å². The molecule has 2 amide bonds. The zero-order valence-corrected chi connectivity index (χ0v) is 13.9.